The summed E-state index contributed by atoms with van der Waals surface area (Å²) in [6.45, 7) is 4.03. The van der Waals surface area contributed by atoms with Crippen LogP contribution in [-0.4, -0.2) is 24.5 Å². The average molecular weight is 333 g/mol. The molecule has 1 aromatic rings. The lowest BCUT2D eigenvalue weighted by molar-refractivity contribution is -0.144. The fraction of sp³-hybridized carbons (Fsp3) is 0.474. The number of hydrogen-bond donors (Lipinski definition) is 1. The predicted molar refractivity (Wildman–Crippen MR) is 90.5 cm³/mol. The Morgan fingerprint density at radius 3 is 2.88 bits per heavy atom. The van der Waals surface area contributed by atoms with Crippen LogP contribution in [0.5, 0.6) is 0 Å². The van der Waals surface area contributed by atoms with Gasteiger partial charge >= 0.3 is 5.97 Å². The van der Waals surface area contributed by atoms with Crippen molar-refractivity contribution in [1.82, 2.24) is 5.32 Å². The average Bonchev–Trinajstić information content (AvgIpc) is 2.55. The molecule has 1 fully saturated rings. The second-order valence-electron chi connectivity index (χ2n) is 6.44. The van der Waals surface area contributed by atoms with Gasteiger partial charge in [-0.15, -0.1) is 0 Å². The number of rotatable bonds is 5. The first-order valence-corrected chi connectivity index (χ1v) is 8.35. The van der Waals surface area contributed by atoms with Gasteiger partial charge in [-0.25, -0.2) is 9.18 Å². The largest absolute Gasteiger partial charge is 0.452 e. The van der Waals surface area contributed by atoms with Gasteiger partial charge in [0.05, 0.1) is 0 Å². The smallest absolute Gasteiger partial charge is 0.331 e. The highest BCUT2D eigenvalue weighted by Gasteiger charge is 2.28. The number of benzene rings is 1. The highest BCUT2D eigenvalue weighted by atomic mass is 19.1. The zero-order valence-electron chi connectivity index (χ0n) is 14.1. The fourth-order valence-electron chi connectivity index (χ4n) is 2.99. The summed E-state index contributed by atoms with van der Waals surface area (Å²) >= 11 is 0. The topological polar surface area (TPSA) is 55.4 Å². The number of carbonyl (C=O) groups is 2. The Balaban J connectivity index is 1.76. The summed E-state index contributed by atoms with van der Waals surface area (Å²) in [6.07, 6.45) is 5.90. The monoisotopic (exact) mass is 333 g/mol. The molecule has 0 unspecified atom stereocenters. The molecule has 1 amide bonds. The number of ether oxygens (including phenoxy) is 1. The van der Waals surface area contributed by atoms with Crippen LogP contribution in [-0.2, 0) is 14.3 Å². The minimum absolute atomic E-state index is 0.141. The first-order valence-electron chi connectivity index (χ1n) is 8.35. The highest BCUT2D eigenvalue weighted by molar-refractivity contribution is 5.89. The van der Waals surface area contributed by atoms with Gasteiger partial charge in [0.2, 0.25) is 0 Å². The zero-order chi connectivity index (χ0) is 17.5. The number of hydrogen-bond acceptors (Lipinski definition) is 3. The highest BCUT2D eigenvalue weighted by Crippen LogP contribution is 2.29. The summed E-state index contributed by atoms with van der Waals surface area (Å²) in [4.78, 5) is 23.6. The molecular weight excluding hydrogens is 309 g/mol. The normalized spacial score (nSPS) is 23.9. The van der Waals surface area contributed by atoms with Gasteiger partial charge in [0.15, 0.2) is 6.61 Å². The maximum Gasteiger partial charge on any atom is 0.331 e. The van der Waals surface area contributed by atoms with E-state index in [9.17, 15) is 14.0 Å². The van der Waals surface area contributed by atoms with Crippen LogP contribution >= 0.6 is 0 Å². The van der Waals surface area contributed by atoms with Gasteiger partial charge in [0.25, 0.3) is 5.91 Å². The fourth-order valence-corrected chi connectivity index (χ4v) is 2.99. The Morgan fingerprint density at radius 2 is 2.12 bits per heavy atom. The van der Waals surface area contributed by atoms with E-state index in [4.69, 9.17) is 4.74 Å². The molecule has 1 aliphatic rings. The molecule has 3 atom stereocenters. The van der Waals surface area contributed by atoms with Crippen LogP contribution in [0.1, 0.15) is 38.7 Å². The van der Waals surface area contributed by atoms with Crippen molar-refractivity contribution in [3.05, 3.63) is 41.7 Å². The molecule has 0 aliphatic heterocycles. The van der Waals surface area contributed by atoms with Gasteiger partial charge in [-0.2, -0.15) is 0 Å². The first kappa shape index (κ1) is 18.2. The summed E-state index contributed by atoms with van der Waals surface area (Å²) < 4.78 is 18.0. The van der Waals surface area contributed by atoms with Gasteiger partial charge in [-0.05, 0) is 42.0 Å². The summed E-state index contributed by atoms with van der Waals surface area (Å²) in [5, 5.41) is 2.95. The molecule has 24 heavy (non-hydrogen) atoms. The molecular formula is C19H24FNO3. The quantitative estimate of drug-likeness (QED) is 0.664. The van der Waals surface area contributed by atoms with Crippen molar-refractivity contribution in [3.63, 3.8) is 0 Å². The van der Waals surface area contributed by atoms with E-state index in [-0.39, 0.29) is 24.4 Å². The molecule has 1 aromatic carbocycles. The van der Waals surface area contributed by atoms with Gasteiger partial charge in [0.1, 0.15) is 5.82 Å². The van der Waals surface area contributed by atoms with Crippen molar-refractivity contribution >= 4 is 18.0 Å². The number of halogens is 1. The molecule has 1 saturated carbocycles. The van der Waals surface area contributed by atoms with Crippen molar-refractivity contribution in [2.75, 3.05) is 6.61 Å². The second kappa shape index (κ2) is 8.62. The van der Waals surface area contributed by atoms with E-state index in [0.29, 0.717) is 17.4 Å². The van der Waals surface area contributed by atoms with Gasteiger partial charge < -0.3 is 10.1 Å². The molecule has 5 heteroatoms. The molecule has 0 bridgehead atoms. The van der Waals surface area contributed by atoms with Crippen molar-refractivity contribution in [3.8, 4) is 0 Å². The first-order chi connectivity index (χ1) is 11.5. The molecule has 2 rings (SSSR count). The SMILES string of the molecule is C[C@@H]1[C@H](C)CCC[C@@H]1NC(=O)COC(=O)/C=C\c1cccc(F)c1. The summed E-state index contributed by atoms with van der Waals surface area (Å²) in [7, 11) is 0. The maximum absolute atomic E-state index is 13.0. The standard InChI is InChI=1S/C19H24FNO3/c1-13-5-3-8-17(14(13)2)21-18(22)12-24-19(23)10-9-15-6-4-7-16(20)11-15/h4,6-7,9-11,13-14,17H,3,5,8,12H2,1-2H3,(H,21,22)/b10-9-/t13-,14-,17+/m1/s1. The Kier molecular flexibility index (Phi) is 6.53. The predicted octanol–water partition coefficient (Wildman–Crippen LogP) is 3.32. The summed E-state index contributed by atoms with van der Waals surface area (Å²) in [5.74, 6) is -0.277. The third-order valence-electron chi connectivity index (χ3n) is 4.66. The summed E-state index contributed by atoms with van der Waals surface area (Å²) in [6, 6.07) is 6.00. The Labute approximate surface area is 142 Å². The molecule has 0 heterocycles. The molecule has 0 aromatic heterocycles. The van der Waals surface area contributed by atoms with E-state index in [1.54, 1.807) is 12.1 Å². The summed E-state index contributed by atoms with van der Waals surface area (Å²) in [5.41, 5.74) is 0.557. The number of nitrogens with one attached hydrogen (secondary N) is 1. The van der Waals surface area contributed by atoms with Crippen molar-refractivity contribution < 1.29 is 18.7 Å². The lowest BCUT2D eigenvalue weighted by Crippen LogP contribution is -2.45. The van der Waals surface area contributed by atoms with Crippen LogP contribution in [0.2, 0.25) is 0 Å². The van der Waals surface area contributed by atoms with Gasteiger partial charge in [-0.1, -0.05) is 38.8 Å². The van der Waals surface area contributed by atoms with Gasteiger partial charge in [-0.3, -0.25) is 4.79 Å². The number of carbonyl (C=O) groups excluding carboxylic acids is 2. The van der Waals surface area contributed by atoms with E-state index in [1.165, 1.54) is 30.7 Å². The van der Waals surface area contributed by atoms with Crippen LogP contribution in [0.3, 0.4) is 0 Å². The van der Waals surface area contributed by atoms with E-state index in [1.807, 2.05) is 0 Å². The Morgan fingerprint density at radius 1 is 1.33 bits per heavy atom. The van der Waals surface area contributed by atoms with E-state index in [2.05, 4.69) is 19.2 Å². The van der Waals surface area contributed by atoms with E-state index in [0.717, 1.165) is 12.8 Å². The van der Waals surface area contributed by atoms with Crippen molar-refractivity contribution in [1.29, 1.82) is 0 Å². The zero-order valence-corrected chi connectivity index (χ0v) is 14.1. The third-order valence-corrected chi connectivity index (χ3v) is 4.66. The molecule has 0 radical (unpaired) electrons. The molecule has 4 nitrogen and oxygen atoms in total. The number of esters is 1. The van der Waals surface area contributed by atoms with Crippen LogP contribution < -0.4 is 5.32 Å². The lowest BCUT2D eigenvalue weighted by Gasteiger charge is -2.34. The van der Waals surface area contributed by atoms with Crippen LogP contribution in [0, 0.1) is 17.7 Å². The van der Waals surface area contributed by atoms with E-state index < -0.39 is 5.97 Å². The number of amides is 1. The van der Waals surface area contributed by atoms with Crippen LogP contribution in [0.15, 0.2) is 30.3 Å². The molecule has 130 valence electrons. The second-order valence-corrected chi connectivity index (χ2v) is 6.44. The van der Waals surface area contributed by atoms with Gasteiger partial charge in [0, 0.05) is 12.1 Å². The maximum atomic E-state index is 13.0. The third kappa shape index (κ3) is 5.48. The lowest BCUT2D eigenvalue weighted by atomic mass is 9.78. The molecule has 0 spiro atoms. The van der Waals surface area contributed by atoms with Crippen LogP contribution in [0.4, 0.5) is 4.39 Å². The Hall–Kier alpha value is -2.17. The molecule has 1 aliphatic carbocycles. The van der Waals surface area contributed by atoms with Crippen molar-refractivity contribution in [2.24, 2.45) is 11.8 Å². The van der Waals surface area contributed by atoms with Crippen LogP contribution in [0.25, 0.3) is 6.08 Å². The minimum Gasteiger partial charge on any atom is -0.452 e. The van der Waals surface area contributed by atoms with Crippen molar-refractivity contribution in [2.45, 2.75) is 39.2 Å². The Bertz CT molecular complexity index is 614. The molecule has 1 N–H and O–H groups in total. The molecule has 0 saturated heterocycles. The minimum atomic E-state index is -0.625. The van der Waals surface area contributed by atoms with E-state index >= 15 is 0 Å².